The Hall–Kier alpha value is -2.31. The highest BCUT2D eigenvalue weighted by Gasteiger charge is 2.23. The first-order chi connectivity index (χ1) is 11.2. The molecule has 7 nitrogen and oxygen atoms in total. The van der Waals surface area contributed by atoms with E-state index in [0.717, 1.165) is 32.0 Å². The number of ether oxygens (including phenoxy) is 1. The van der Waals surface area contributed by atoms with Gasteiger partial charge in [-0.15, -0.1) is 0 Å². The second-order valence-electron chi connectivity index (χ2n) is 5.26. The van der Waals surface area contributed by atoms with Gasteiger partial charge in [-0.2, -0.15) is 0 Å². The van der Waals surface area contributed by atoms with Crippen molar-refractivity contribution in [3.05, 3.63) is 30.1 Å². The molecule has 0 aromatic carbocycles. The molecule has 0 saturated carbocycles. The molecule has 2 heterocycles. The largest absolute Gasteiger partial charge is 0.450 e. The molecular formula is C16H25N5O2. The minimum Gasteiger partial charge on any atom is -0.450 e. The topological polar surface area (TPSA) is 70.1 Å². The highest BCUT2D eigenvalue weighted by Crippen LogP contribution is 2.04. The van der Waals surface area contributed by atoms with E-state index in [1.807, 2.05) is 19.2 Å². The minimum absolute atomic E-state index is 0.230. The first kappa shape index (κ1) is 17.1. The van der Waals surface area contributed by atoms with Gasteiger partial charge in [0, 0.05) is 52.2 Å². The number of nitrogens with one attached hydrogen (secondary N) is 1. The van der Waals surface area contributed by atoms with Crippen molar-refractivity contribution >= 4 is 12.1 Å². The van der Waals surface area contributed by atoms with Crippen LogP contribution in [-0.2, 0) is 11.2 Å². The van der Waals surface area contributed by atoms with Crippen molar-refractivity contribution in [3.8, 4) is 0 Å². The van der Waals surface area contributed by atoms with E-state index < -0.39 is 0 Å². The number of carbonyl (C=O) groups excluding carboxylic acids is 1. The van der Waals surface area contributed by atoms with Crippen molar-refractivity contribution < 1.29 is 9.53 Å². The molecule has 1 aromatic rings. The molecule has 1 aromatic heterocycles. The van der Waals surface area contributed by atoms with Gasteiger partial charge in [-0.3, -0.25) is 9.98 Å². The molecule has 1 aliphatic heterocycles. The van der Waals surface area contributed by atoms with Gasteiger partial charge in [0.15, 0.2) is 5.96 Å². The summed E-state index contributed by atoms with van der Waals surface area (Å²) < 4.78 is 5.03. The second-order valence-corrected chi connectivity index (χ2v) is 5.26. The highest BCUT2D eigenvalue weighted by atomic mass is 16.6. The fourth-order valence-corrected chi connectivity index (χ4v) is 2.51. The van der Waals surface area contributed by atoms with Gasteiger partial charge < -0.3 is 19.9 Å². The normalized spacial score (nSPS) is 15.5. The van der Waals surface area contributed by atoms with E-state index in [9.17, 15) is 4.79 Å². The fraction of sp³-hybridized carbons (Fsp3) is 0.562. The average molecular weight is 319 g/mol. The number of aliphatic imine (C=N–C) groups is 1. The second kappa shape index (κ2) is 8.97. The number of amides is 1. The smallest absolute Gasteiger partial charge is 0.409 e. The van der Waals surface area contributed by atoms with Gasteiger partial charge in [0.2, 0.25) is 0 Å². The number of guanidine groups is 1. The van der Waals surface area contributed by atoms with Crippen LogP contribution in [0.25, 0.3) is 0 Å². The number of aromatic nitrogens is 1. The zero-order valence-corrected chi connectivity index (χ0v) is 13.9. The molecule has 2 rings (SSSR count). The number of rotatable bonds is 4. The van der Waals surface area contributed by atoms with E-state index in [1.165, 1.54) is 5.56 Å². The van der Waals surface area contributed by atoms with Crippen LogP contribution in [0.4, 0.5) is 4.79 Å². The Morgan fingerprint density at radius 1 is 1.35 bits per heavy atom. The van der Waals surface area contributed by atoms with E-state index in [-0.39, 0.29) is 6.09 Å². The Bertz CT molecular complexity index is 512. The van der Waals surface area contributed by atoms with Gasteiger partial charge in [-0.25, -0.2) is 4.79 Å². The molecule has 1 saturated heterocycles. The van der Waals surface area contributed by atoms with Crippen molar-refractivity contribution in [1.82, 2.24) is 20.1 Å². The third-order valence-electron chi connectivity index (χ3n) is 3.74. The number of nitrogens with zero attached hydrogens (tertiary/aromatic N) is 4. The molecule has 0 bridgehead atoms. The van der Waals surface area contributed by atoms with E-state index in [0.29, 0.717) is 19.7 Å². The Labute approximate surface area is 137 Å². The summed E-state index contributed by atoms with van der Waals surface area (Å²) in [6, 6.07) is 4.01. The molecule has 0 unspecified atom stereocenters. The molecule has 1 amide bonds. The lowest BCUT2D eigenvalue weighted by Crippen LogP contribution is -2.54. The van der Waals surface area contributed by atoms with Crippen LogP contribution in [0.3, 0.4) is 0 Å². The van der Waals surface area contributed by atoms with Crippen molar-refractivity contribution in [3.63, 3.8) is 0 Å². The number of carbonyl (C=O) groups is 1. The quantitative estimate of drug-likeness (QED) is 0.661. The maximum Gasteiger partial charge on any atom is 0.409 e. The Morgan fingerprint density at radius 3 is 2.70 bits per heavy atom. The molecule has 1 aliphatic rings. The number of pyridine rings is 1. The van der Waals surface area contributed by atoms with Crippen molar-refractivity contribution in [2.45, 2.75) is 13.3 Å². The molecule has 1 fully saturated rings. The summed E-state index contributed by atoms with van der Waals surface area (Å²) in [6.07, 6.45) is 4.32. The first-order valence-electron chi connectivity index (χ1n) is 8.00. The Morgan fingerprint density at radius 2 is 2.09 bits per heavy atom. The molecule has 0 radical (unpaired) electrons. The highest BCUT2D eigenvalue weighted by molar-refractivity contribution is 5.80. The molecular weight excluding hydrogens is 294 g/mol. The van der Waals surface area contributed by atoms with Gasteiger partial charge in [0.05, 0.1) is 6.61 Å². The van der Waals surface area contributed by atoms with Crippen LogP contribution in [0, 0.1) is 0 Å². The third kappa shape index (κ3) is 5.12. The van der Waals surface area contributed by atoms with Gasteiger partial charge >= 0.3 is 6.09 Å². The minimum atomic E-state index is -0.230. The summed E-state index contributed by atoms with van der Waals surface area (Å²) in [5.41, 5.74) is 1.20. The summed E-state index contributed by atoms with van der Waals surface area (Å²) >= 11 is 0. The lowest BCUT2D eigenvalue weighted by molar-refractivity contribution is 0.0915. The van der Waals surface area contributed by atoms with Crippen LogP contribution in [-0.4, -0.2) is 73.2 Å². The van der Waals surface area contributed by atoms with Crippen molar-refractivity contribution in [2.24, 2.45) is 4.99 Å². The summed E-state index contributed by atoms with van der Waals surface area (Å²) in [6.45, 7) is 5.86. The van der Waals surface area contributed by atoms with Crippen LogP contribution in [0.2, 0.25) is 0 Å². The fourth-order valence-electron chi connectivity index (χ4n) is 2.51. The standard InChI is InChI=1S/C16H25N5O2/c1-3-23-16(22)21-11-9-20(10-12-21)15(17-2)19-8-6-14-5-4-7-18-13-14/h4-5,7,13H,3,6,8-12H2,1-2H3,(H,17,19). The van der Waals surface area contributed by atoms with Crippen LogP contribution in [0.5, 0.6) is 0 Å². The van der Waals surface area contributed by atoms with E-state index in [1.54, 1.807) is 18.1 Å². The zero-order chi connectivity index (χ0) is 16.5. The summed E-state index contributed by atoms with van der Waals surface area (Å²) in [4.78, 5) is 24.1. The van der Waals surface area contributed by atoms with Crippen molar-refractivity contribution in [1.29, 1.82) is 0 Å². The summed E-state index contributed by atoms with van der Waals surface area (Å²) in [5, 5.41) is 3.37. The molecule has 0 atom stereocenters. The lowest BCUT2D eigenvalue weighted by atomic mass is 10.2. The molecule has 7 heteroatoms. The summed E-state index contributed by atoms with van der Waals surface area (Å²) in [5.74, 6) is 0.873. The van der Waals surface area contributed by atoms with E-state index in [2.05, 4.69) is 26.3 Å². The van der Waals surface area contributed by atoms with Crippen LogP contribution < -0.4 is 5.32 Å². The van der Waals surface area contributed by atoms with Gasteiger partial charge in [0.1, 0.15) is 0 Å². The predicted molar refractivity (Wildman–Crippen MR) is 89.5 cm³/mol. The number of piperazine rings is 1. The number of hydrogen-bond acceptors (Lipinski definition) is 4. The molecule has 0 aliphatic carbocycles. The predicted octanol–water partition coefficient (Wildman–Crippen LogP) is 0.974. The van der Waals surface area contributed by atoms with E-state index in [4.69, 9.17) is 4.74 Å². The average Bonchev–Trinajstić information content (AvgIpc) is 2.60. The first-order valence-corrected chi connectivity index (χ1v) is 8.00. The van der Waals surface area contributed by atoms with Crippen LogP contribution in [0.1, 0.15) is 12.5 Å². The maximum atomic E-state index is 11.7. The Balaban J connectivity index is 1.76. The van der Waals surface area contributed by atoms with Gasteiger partial charge in [-0.05, 0) is 25.0 Å². The van der Waals surface area contributed by atoms with Crippen LogP contribution in [0.15, 0.2) is 29.5 Å². The zero-order valence-electron chi connectivity index (χ0n) is 13.9. The van der Waals surface area contributed by atoms with Crippen molar-refractivity contribution in [2.75, 3.05) is 46.4 Å². The van der Waals surface area contributed by atoms with Crippen LogP contribution >= 0.6 is 0 Å². The summed E-state index contributed by atoms with van der Waals surface area (Å²) in [7, 11) is 1.78. The van der Waals surface area contributed by atoms with E-state index >= 15 is 0 Å². The number of hydrogen-bond donors (Lipinski definition) is 1. The molecule has 23 heavy (non-hydrogen) atoms. The SMILES string of the molecule is CCOC(=O)N1CCN(C(=NC)NCCc2cccnc2)CC1. The maximum absolute atomic E-state index is 11.7. The molecule has 1 N–H and O–H groups in total. The Kier molecular flexibility index (Phi) is 6.65. The monoisotopic (exact) mass is 319 g/mol. The third-order valence-corrected chi connectivity index (χ3v) is 3.74. The molecule has 0 spiro atoms. The van der Waals surface area contributed by atoms with Gasteiger partial charge in [-0.1, -0.05) is 6.07 Å². The molecule has 126 valence electrons. The lowest BCUT2D eigenvalue weighted by Gasteiger charge is -2.35. The van der Waals surface area contributed by atoms with Gasteiger partial charge in [0.25, 0.3) is 0 Å².